The number of aryl methyl sites for hydroxylation is 1. The lowest BCUT2D eigenvalue weighted by atomic mass is 10.2. The highest BCUT2D eigenvalue weighted by molar-refractivity contribution is 9.10. The molecule has 0 aliphatic heterocycles. The number of aliphatic imine (C=N–C) groups is 1. The van der Waals surface area contributed by atoms with Gasteiger partial charge in [0.05, 0.1) is 17.3 Å². The molecule has 1 aromatic heterocycles. The Bertz CT molecular complexity index is 945. The maximum absolute atomic E-state index is 6.14. The number of halogens is 2. The molecule has 26 heavy (non-hydrogen) atoms. The van der Waals surface area contributed by atoms with E-state index >= 15 is 0 Å². The normalized spacial score (nSPS) is 11.3. The Morgan fingerprint density at radius 3 is 2.50 bits per heavy atom. The molecule has 3 rings (SSSR count). The van der Waals surface area contributed by atoms with Crippen LogP contribution in [0.15, 0.2) is 58.0 Å². The predicted molar refractivity (Wildman–Crippen MR) is 113 cm³/mol. The summed E-state index contributed by atoms with van der Waals surface area (Å²) in [7, 11) is 0. The molecule has 2 aromatic carbocycles. The minimum atomic E-state index is 0.652. The molecule has 0 aliphatic rings. The highest BCUT2D eigenvalue weighted by Crippen LogP contribution is 2.27. The van der Waals surface area contributed by atoms with Crippen molar-refractivity contribution in [1.82, 2.24) is 4.57 Å². The Morgan fingerprint density at radius 2 is 1.85 bits per heavy atom. The van der Waals surface area contributed by atoms with Gasteiger partial charge < -0.3 is 9.30 Å². The molecule has 5 heteroatoms. The molecule has 0 aliphatic carbocycles. The third-order valence-electron chi connectivity index (χ3n) is 4.13. The van der Waals surface area contributed by atoms with Gasteiger partial charge in [-0.3, -0.25) is 4.99 Å². The number of hydrogen-bond acceptors (Lipinski definition) is 2. The standard InChI is InChI=1S/C21H20BrClN2O/c1-4-26-19-8-6-18(7-9-19)25-14(2)11-16(15(25)3)13-24-17-5-10-20(22)21(23)12-17/h5-13H,4H2,1-3H3. The monoisotopic (exact) mass is 430 g/mol. The fourth-order valence-corrected chi connectivity index (χ4v) is 3.30. The van der Waals surface area contributed by atoms with Crippen LogP contribution >= 0.6 is 27.5 Å². The zero-order valence-corrected chi connectivity index (χ0v) is 17.3. The summed E-state index contributed by atoms with van der Waals surface area (Å²) >= 11 is 9.53. The van der Waals surface area contributed by atoms with Crippen molar-refractivity contribution in [3.63, 3.8) is 0 Å². The van der Waals surface area contributed by atoms with Crippen LogP contribution in [0.5, 0.6) is 5.75 Å². The smallest absolute Gasteiger partial charge is 0.119 e. The molecule has 0 bridgehead atoms. The quantitative estimate of drug-likeness (QED) is 0.415. The summed E-state index contributed by atoms with van der Waals surface area (Å²) in [4.78, 5) is 4.56. The SMILES string of the molecule is CCOc1ccc(-n2c(C)cc(C=Nc3ccc(Br)c(Cl)c3)c2C)cc1. The second-order valence-electron chi connectivity index (χ2n) is 5.95. The molecule has 0 radical (unpaired) electrons. The van der Waals surface area contributed by atoms with Gasteiger partial charge >= 0.3 is 0 Å². The van der Waals surface area contributed by atoms with E-state index in [1.807, 2.05) is 43.5 Å². The van der Waals surface area contributed by atoms with E-state index in [1.54, 1.807) is 0 Å². The predicted octanol–water partition coefficient (Wildman–Crippen LogP) is 6.66. The van der Waals surface area contributed by atoms with Gasteiger partial charge in [-0.15, -0.1) is 0 Å². The van der Waals surface area contributed by atoms with E-state index in [1.165, 1.54) is 0 Å². The average molecular weight is 432 g/mol. The van der Waals surface area contributed by atoms with Crippen LogP contribution in [0.2, 0.25) is 5.02 Å². The Balaban J connectivity index is 1.90. The first-order valence-electron chi connectivity index (χ1n) is 8.41. The first-order chi connectivity index (χ1) is 12.5. The van der Waals surface area contributed by atoms with Crippen LogP contribution in [-0.2, 0) is 0 Å². The van der Waals surface area contributed by atoms with Crippen LogP contribution in [0.3, 0.4) is 0 Å². The average Bonchev–Trinajstić information content (AvgIpc) is 2.91. The molecule has 0 atom stereocenters. The fraction of sp³-hybridized carbons (Fsp3) is 0.190. The Kier molecular flexibility index (Phi) is 5.84. The van der Waals surface area contributed by atoms with Crippen LogP contribution in [0, 0.1) is 13.8 Å². The van der Waals surface area contributed by atoms with Crippen molar-refractivity contribution in [2.75, 3.05) is 6.61 Å². The van der Waals surface area contributed by atoms with Gasteiger partial charge in [0.25, 0.3) is 0 Å². The second-order valence-corrected chi connectivity index (χ2v) is 7.21. The Hall–Kier alpha value is -2.04. The molecule has 0 unspecified atom stereocenters. The van der Waals surface area contributed by atoms with Crippen molar-refractivity contribution in [3.05, 3.63) is 75.0 Å². The summed E-state index contributed by atoms with van der Waals surface area (Å²) in [6, 6.07) is 15.9. The molecule has 0 spiro atoms. The maximum Gasteiger partial charge on any atom is 0.119 e. The van der Waals surface area contributed by atoms with Gasteiger partial charge in [-0.1, -0.05) is 11.6 Å². The maximum atomic E-state index is 6.14. The molecule has 0 saturated heterocycles. The fourth-order valence-electron chi connectivity index (χ4n) is 2.88. The van der Waals surface area contributed by atoms with E-state index in [0.717, 1.165) is 38.5 Å². The minimum Gasteiger partial charge on any atom is -0.494 e. The molecule has 134 valence electrons. The van der Waals surface area contributed by atoms with Crippen LogP contribution < -0.4 is 4.74 Å². The van der Waals surface area contributed by atoms with Crippen LogP contribution in [0.1, 0.15) is 23.9 Å². The van der Waals surface area contributed by atoms with E-state index in [0.29, 0.717) is 11.6 Å². The molecular weight excluding hydrogens is 412 g/mol. The van der Waals surface area contributed by atoms with Gasteiger partial charge in [0.1, 0.15) is 5.75 Å². The lowest BCUT2D eigenvalue weighted by Gasteiger charge is -2.11. The number of aromatic nitrogens is 1. The number of hydrogen-bond donors (Lipinski definition) is 0. The van der Waals surface area contributed by atoms with E-state index in [-0.39, 0.29) is 0 Å². The van der Waals surface area contributed by atoms with E-state index in [2.05, 4.69) is 57.5 Å². The number of ether oxygens (including phenoxy) is 1. The Labute approximate surface area is 167 Å². The lowest BCUT2D eigenvalue weighted by Crippen LogP contribution is -2.00. The van der Waals surface area contributed by atoms with Crippen molar-refractivity contribution in [3.8, 4) is 11.4 Å². The highest BCUT2D eigenvalue weighted by Gasteiger charge is 2.09. The zero-order chi connectivity index (χ0) is 18.7. The topological polar surface area (TPSA) is 26.5 Å². The van der Waals surface area contributed by atoms with E-state index < -0.39 is 0 Å². The third kappa shape index (κ3) is 4.02. The molecule has 0 saturated carbocycles. The van der Waals surface area contributed by atoms with Crippen molar-refractivity contribution in [2.45, 2.75) is 20.8 Å². The van der Waals surface area contributed by atoms with Crippen molar-refractivity contribution >= 4 is 39.4 Å². The lowest BCUT2D eigenvalue weighted by molar-refractivity contribution is 0.340. The summed E-state index contributed by atoms with van der Waals surface area (Å²) in [6.07, 6.45) is 1.88. The van der Waals surface area contributed by atoms with E-state index in [4.69, 9.17) is 16.3 Å². The molecule has 3 aromatic rings. The Morgan fingerprint density at radius 1 is 1.12 bits per heavy atom. The van der Waals surface area contributed by atoms with Gasteiger partial charge in [-0.25, -0.2) is 0 Å². The molecule has 1 heterocycles. The summed E-state index contributed by atoms with van der Waals surface area (Å²) in [6.45, 7) is 6.84. The summed E-state index contributed by atoms with van der Waals surface area (Å²) in [5.41, 5.74) is 5.30. The van der Waals surface area contributed by atoms with Crippen LogP contribution in [0.25, 0.3) is 5.69 Å². The van der Waals surface area contributed by atoms with Gasteiger partial charge in [0.15, 0.2) is 0 Å². The van der Waals surface area contributed by atoms with Gasteiger partial charge in [-0.05, 0) is 85.2 Å². The third-order valence-corrected chi connectivity index (χ3v) is 5.36. The second kappa shape index (κ2) is 8.11. The molecule has 0 N–H and O–H groups in total. The summed E-state index contributed by atoms with van der Waals surface area (Å²) < 4.78 is 8.60. The minimum absolute atomic E-state index is 0.652. The summed E-state index contributed by atoms with van der Waals surface area (Å²) in [5.74, 6) is 0.882. The van der Waals surface area contributed by atoms with Crippen LogP contribution in [0.4, 0.5) is 5.69 Å². The van der Waals surface area contributed by atoms with Gasteiger partial charge in [0, 0.05) is 33.3 Å². The molecule has 0 amide bonds. The number of nitrogens with zero attached hydrogens (tertiary/aromatic N) is 2. The first-order valence-corrected chi connectivity index (χ1v) is 9.58. The summed E-state index contributed by atoms with van der Waals surface area (Å²) in [5, 5.41) is 0.652. The van der Waals surface area contributed by atoms with Gasteiger partial charge in [0.2, 0.25) is 0 Å². The van der Waals surface area contributed by atoms with Crippen LogP contribution in [-0.4, -0.2) is 17.4 Å². The number of benzene rings is 2. The van der Waals surface area contributed by atoms with Crippen molar-refractivity contribution in [1.29, 1.82) is 0 Å². The van der Waals surface area contributed by atoms with Crippen molar-refractivity contribution < 1.29 is 4.74 Å². The van der Waals surface area contributed by atoms with Crippen molar-refractivity contribution in [2.24, 2.45) is 4.99 Å². The number of rotatable bonds is 5. The molecular formula is C21H20BrClN2O. The molecule has 0 fully saturated rings. The highest BCUT2D eigenvalue weighted by atomic mass is 79.9. The zero-order valence-electron chi connectivity index (χ0n) is 15.0. The first kappa shape index (κ1) is 18.7. The largest absolute Gasteiger partial charge is 0.494 e. The van der Waals surface area contributed by atoms with E-state index in [9.17, 15) is 0 Å². The molecule has 3 nitrogen and oxygen atoms in total. The van der Waals surface area contributed by atoms with Gasteiger partial charge in [-0.2, -0.15) is 0 Å².